The third-order valence-corrected chi connectivity index (χ3v) is 5.94. The molecule has 0 aliphatic heterocycles. The number of rotatable bonds is 10. The number of anilines is 1. The normalized spacial score (nSPS) is 10.7. The van der Waals surface area contributed by atoms with Gasteiger partial charge in [-0.15, -0.1) is 0 Å². The molecule has 0 atom stereocenters. The van der Waals surface area contributed by atoms with Crippen LogP contribution in [-0.4, -0.2) is 38.9 Å². The average molecular weight is 609 g/mol. The second kappa shape index (κ2) is 13.6. The fraction of sp³-hybridized carbons (Fsp3) is 0.192. The van der Waals surface area contributed by atoms with Crippen molar-refractivity contribution in [2.24, 2.45) is 5.10 Å². The molecule has 2 amide bonds. The van der Waals surface area contributed by atoms with Crippen LogP contribution < -0.4 is 29.7 Å². The molecule has 12 heteroatoms. The fourth-order valence-corrected chi connectivity index (χ4v) is 3.97. The summed E-state index contributed by atoms with van der Waals surface area (Å²) in [5.41, 5.74) is 3.19. The first kappa shape index (κ1) is 28.7. The maximum Gasteiger partial charge on any atom is 0.329 e. The maximum atomic E-state index is 14.1. The number of carbonyl (C=O) groups is 2. The Bertz CT molecular complexity index is 1330. The molecule has 3 rings (SSSR count). The quantitative estimate of drug-likeness (QED) is 0.183. The lowest BCUT2D eigenvalue weighted by molar-refractivity contribution is -0.136. The standard InChI is InChI=1S/C26H24BrClFN3O6/c1-4-37-23-11-15(10-18(27)24(23)38-14-17-19(28)6-5-7-20(17)29)13-30-32-26(34)25(33)31-21-9-8-16(35-2)12-22(21)36-3/h5-13H,4,14H2,1-3H3,(H,31,33)(H,32,34)/b30-13+. The molecule has 200 valence electrons. The summed E-state index contributed by atoms with van der Waals surface area (Å²) in [5.74, 6) is -0.893. The zero-order valence-electron chi connectivity index (χ0n) is 20.6. The van der Waals surface area contributed by atoms with E-state index in [1.807, 2.05) is 0 Å². The second-order valence-corrected chi connectivity index (χ2v) is 8.73. The maximum absolute atomic E-state index is 14.1. The minimum absolute atomic E-state index is 0.123. The molecule has 0 aliphatic rings. The number of hydrogen-bond acceptors (Lipinski definition) is 7. The Balaban J connectivity index is 1.68. The first-order valence-electron chi connectivity index (χ1n) is 11.2. The van der Waals surface area contributed by atoms with Crippen LogP contribution in [0.2, 0.25) is 5.02 Å². The number of nitrogens with one attached hydrogen (secondary N) is 2. The number of carbonyl (C=O) groups excluding carboxylic acids is 2. The summed E-state index contributed by atoms with van der Waals surface area (Å²) in [6, 6.07) is 12.4. The molecular formula is C26H24BrClFN3O6. The highest BCUT2D eigenvalue weighted by Gasteiger charge is 2.17. The van der Waals surface area contributed by atoms with Crippen molar-refractivity contribution in [3.63, 3.8) is 0 Å². The number of methoxy groups -OCH3 is 2. The topological polar surface area (TPSA) is 107 Å². The van der Waals surface area contributed by atoms with Crippen molar-refractivity contribution >= 4 is 51.2 Å². The number of hydrazone groups is 1. The van der Waals surface area contributed by atoms with Crippen molar-refractivity contribution in [1.29, 1.82) is 0 Å². The van der Waals surface area contributed by atoms with E-state index in [0.717, 1.165) is 0 Å². The van der Waals surface area contributed by atoms with E-state index in [9.17, 15) is 14.0 Å². The highest BCUT2D eigenvalue weighted by Crippen LogP contribution is 2.37. The summed E-state index contributed by atoms with van der Waals surface area (Å²) in [5, 5.41) is 6.54. The first-order valence-corrected chi connectivity index (χ1v) is 12.3. The molecule has 0 heterocycles. The molecule has 0 radical (unpaired) electrons. The third-order valence-electron chi connectivity index (χ3n) is 5.00. The molecule has 0 fully saturated rings. The number of benzene rings is 3. The summed E-state index contributed by atoms with van der Waals surface area (Å²) in [6.45, 7) is 2.00. The molecule has 0 bridgehead atoms. The Kier molecular flexibility index (Phi) is 10.3. The number of nitrogens with zero attached hydrogens (tertiary/aromatic N) is 1. The van der Waals surface area contributed by atoms with E-state index in [2.05, 4.69) is 31.8 Å². The van der Waals surface area contributed by atoms with Crippen molar-refractivity contribution in [1.82, 2.24) is 5.43 Å². The van der Waals surface area contributed by atoms with Crippen LogP contribution in [0.15, 0.2) is 58.1 Å². The Hall–Kier alpha value is -3.83. The zero-order chi connectivity index (χ0) is 27.7. The van der Waals surface area contributed by atoms with Gasteiger partial charge in [-0.05, 0) is 64.8 Å². The van der Waals surface area contributed by atoms with Crippen molar-refractivity contribution in [2.75, 3.05) is 26.1 Å². The van der Waals surface area contributed by atoms with Gasteiger partial charge in [0.05, 0.1) is 42.2 Å². The van der Waals surface area contributed by atoms with Gasteiger partial charge in [0.1, 0.15) is 23.9 Å². The fourth-order valence-electron chi connectivity index (χ4n) is 3.18. The van der Waals surface area contributed by atoms with Crippen LogP contribution in [0.4, 0.5) is 10.1 Å². The van der Waals surface area contributed by atoms with Crippen LogP contribution in [-0.2, 0) is 16.2 Å². The summed E-state index contributed by atoms with van der Waals surface area (Å²) in [4.78, 5) is 24.5. The molecule has 0 saturated carbocycles. The van der Waals surface area contributed by atoms with Crippen molar-refractivity contribution in [2.45, 2.75) is 13.5 Å². The van der Waals surface area contributed by atoms with Gasteiger partial charge >= 0.3 is 11.8 Å². The number of amides is 2. The molecule has 0 saturated heterocycles. The van der Waals surface area contributed by atoms with Crippen molar-refractivity contribution in [3.05, 3.63) is 75.0 Å². The van der Waals surface area contributed by atoms with Gasteiger partial charge in [0.15, 0.2) is 11.5 Å². The van der Waals surface area contributed by atoms with E-state index in [1.54, 1.807) is 43.3 Å². The molecule has 2 N–H and O–H groups in total. The Morgan fingerprint density at radius 1 is 1.05 bits per heavy atom. The smallest absolute Gasteiger partial charge is 0.329 e. The molecule has 0 unspecified atom stereocenters. The van der Waals surface area contributed by atoms with E-state index in [0.29, 0.717) is 39.6 Å². The zero-order valence-corrected chi connectivity index (χ0v) is 23.0. The highest BCUT2D eigenvalue weighted by molar-refractivity contribution is 9.10. The van der Waals surface area contributed by atoms with Crippen LogP contribution in [0.1, 0.15) is 18.1 Å². The van der Waals surface area contributed by atoms with E-state index >= 15 is 0 Å². The SMILES string of the molecule is CCOc1cc(/C=N/NC(=O)C(=O)Nc2ccc(OC)cc2OC)cc(Br)c1OCc1c(F)cccc1Cl. The van der Waals surface area contributed by atoms with Crippen molar-refractivity contribution in [3.8, 4) is 23.0 Å². The van der Waals surface area contributed by atoms with Gasteiger partial charge in [0.25, 0.3) is 0 Å². The first-order chi connectivity index (χ1) is 18.3. The molecule has 9 nitrogen and oxygen atoms in total. The van der Waals surface area contributed by atoms with E-state index in [-0.39, 0.29) is 22.9 Å². The molecule has 3 aromatic carbocycles. The van der Waals surface area contributed by atoms with Crippen molar-refractivity contribution < 1.29 is 32.9 Å². The van der Waals surface area contributed by atoms with Gasteiger partial charge in [0.2, 0.25) is 0 Å². The molecular weight excluding hydrogens is 585 g/mol. The summed E-state index contributed by atoms with van der Waals surface area (Å²) in [7, 11) is 2.92. The monoisotopic (exact) mass is 607 g/mol. The van der Waals surface area contributed by atoms with E-state index in [1.165, 1.54) is 32.6 Å². The summed E-state index contributed by atoms with van der Waals surface area (Å²) >= 11 is 9.50. The van der Waals surface area contributed by atoms with Gasteiger partial charge in [-0.1, -0.05) is 17.7 Å². The second-order valence-electron chi connectivity index (χ2n) is 7.47. The highest BCUT2D eigenvalue weighted by atomic mass is 79.9. The minimum Gasteiger partial charge on any atom is -0.497 e. The molecule has 0 spiro atoms. The lowest BCUT2D eigenvalue weighted by Crippen LogP contribution is -2.32. The Labute approximate surface area is 232 Å². The van der Waals surface area contributed by atoms with Crippen LogP contribution in [0.5, 0.6) is 23.0 Å². The average Bonchev–Trinajstić information content (AvgIpc) is 2.89. The van der Waals surface area contributed by atoms with E-state index < -0.39 is 17.6 Å². The van der Waals surface area contributed by atoms with Gasteiger partial charge in [-0.3, -0.25) is 9.59 Å². The largest absolute Gasteiger partial charge is 0.497 e. The van der Waals surface area contributed by atoms with Crippen LogP contribution in [0.3, 0.4) is 0 Å². The van der Waals surface area contributed by atoms with Gasteiger partial charge in [-0.25, -0.2) is 9.82 Å². The Morgan fingerprint density at radius 3 is 2.53 bits per heavy atom. The summed E-state index contributed by atoms with van der Waals surface area (Å²) < 4.78 is 36.4. The van der Waals surface area contributed by atoms with Crippen LogP contribution in [0, 0.1) is 5.82 Å². The molecule has 38 heavy (non-hydrogen) atoms. The van der Waals surface area contributed by atoms with Crippen LogP contribution in [0.25, 0.3) is 0 Å². The summed E-state index contributed by atoms with van der Waals surface area (Å²) in [6.07, 6.45) is 1.32. The predicted octanol–water partition coefficient (Wildman–Crippen LogP) is 5.33. The van der Waals surface area contributed by atoms with Gasteiger partial charge < -0.3 is 24.3 Å². The van der Waals surface area contributed by atoms with Gasteiger partial charge in [0, 0.05) is 11.6 Å². The van der Waals surface area contributed by atoms with Crippen LogP contribution >= 0.6 is 27.5 Å². The minimum atomic E-state index is -0.995. The lowest BCUT2D eigenvalue weighted by atomic mass is 10.2. The molecule has 3 aromatic rings. The van der Waals surface area contributed by atoms with E-state index in [4.69, 9.17) is 30.5 Å². The molecule has 0 aromatic heterocycles. The lowest BCUT2D eigenvalue weighted by Gasteiger charge is -2.15. The Morgan fingerprint density at radius 2 is 1.84 bits per heavy atom. The third kappa shape index (κ3) is 7.36. The van der Waals surface area contributed by atoms with Gasteiger partial charge in [-0.2, -0.15) is 5.10 Å². The molecule has 0 aliphatic carbocycles. The predicted molar refractivity (Wildman–Crippen MR) is 145 cm³/mol. The number of ether oxygens (including phenoxy) is 4. The number of halogens is 3. The number of hydrogen-bond donors (Lipinski definition) is 2.